The van der Waals surface area contributed by atoms with Gasteiger partial charge in [-0.1, -0.05) is 42.5 Å². The zero-order chi connectivity index (χ0) is 34.2. The molecule has 1 N–H and O–H groups in total. The van der Waals surface area contributed by atoms with Crippen LogP contribution in [0.4, 0.5) is 14.5 Å². The van der Waals surface area contributed by atoms with Crippen LogP contribution >= 0.6 is 0 Å². The summed E-state index contributed by atoms with van der Waals surface area (Å²) in [5.41, 5.74) is 0.833. The number of halogens is 2. The Labute approximate surface area is 275 Å². The topological polar surface area (TPSA) is 96.0 Å². The number of hydrogen-bond acceptors (Lipinski definition) is 5. The Hall–Kier alpha value is -4.77. The minimum Gasteiger partial charge on any atom is -0.494 e. The molecule has 0 spiro atoms. The second kappa shape index (κ2) is 15.2. The molecule has 1 atom stereocenters. The largest absolute Gasteiger partial charge is 0.494 e. The van der Waals surface area contributed by atoms with Crippen molar-refractivity contribution in [3.63, 3.8) is 0 Å². The predicted octanol–water partition coefficient (Wildman–Crippen LogP) is 6.11. The summed E-state index contributed by atoms with van der Waals surface area (Å²) in [6.45, 7) is 6.87. The number of amides is 2. The van der Waals surface area contributed by atoms with Gasteiger partial charge in [-0.15, -0.1) is 0 Å². The molecule has 248 valence electrons. The highest BCUT2D eigenvalue weighted by Gasteiger charge is 2.35. The van der Waals surface area contributed by atoms with Crippen LogP contribution in [0.25, 0.3) is 0 Å². The number of hydrogen-bond donors (Lipinski definition) is 1. The summed E-state index contributed by atoms with van der Waals surface area (Å²) in [4.78, 5) is 29.5. The van der Waals surface area contributed by atoms with E-state index in [4.69, 9.17) is 4.74 Å². The number of ether oxygens (including phenoxy) is 1. The molecular formula is C36H39F2N3O5S. The van der Waals surface area contributed by atoms with E-state index in [-0.39, 0.29) is 23.5 Å². The van der Waals surface area contributed by atoms with Crippen LogP contribution in [-0.4, -0.2) is 49.9 Å². The summed E-state index contributed by atoms with van der Waals surface area (Å²) >= 11 is 0. The lowest BCUT2D eigenvalue weighted by Gasteiger charge is -2.35. The summed E-state index contributed by atoms with van der Waals surface area (Å²) in [5.74, 6) is -1.71. The van der Waals surface area contributed by atoms with E-state index in [2.05, 4.69) is 5.32 Å². The number of rotatable bonds is 13. The molecule has 11 heteroatoms. The van der Waals surface area contributed by atoms with Gasteiger partial charge in [-0.2, -0.15) is 0 Å². The van der Waals surface area contributed by atoms with Crippen molar-refractivity contribution in [1.82, 2.24) is 10.2 Å². The fraction of sp³-hybridized carbons (Fsp3) is 0.278. The molecular weight excluding hydrogens is 624 g/mol. The van der Waals surface area contributed by atoms with Crippen LogP contribution < -0.4 is 14.4 Å². The van der Waals surface area contributed by atoms with Crippen LogP contribution in [0.5, 0.6) is 5.75 Å². The third kappa shape index (κ3) is 9.62. The van der Waals surface area contributed by atoms with Crippen molar-refractivity contribution in [2.24, 2.45) is 0 Å². The molecule has 0 aliphatic rings. The highest BCUT2D eigenvalue weighted by atomic mass is 32.2. The van der Waals surface area contributed by atoms with E-state index >= 15 is 0 Å². The maximum Gasteiger partial charge on any atom is 0.264 e. The van der Waals surface area contributed by atoms with Gasteiger partial charge in [0.15, 0.2) is 0 Å². The van der Waals surface area contributed by atoms with Crippen molar-refractivity contribution in [1.29, 1.82) is 0 Å². The standard InChI is InChI=1S/C36H39F2N3O5S/c1-5-46-31-19-17-30(18-20-31)41(47(44,45)32-21-15-29(38)16-22-32)25-34(42)40(24-27-11-13-28(37)14-12-27)33(35(43)39-36(2,3)4)23-26-9-7-6-8-10-26/h6-22,33H,5,23-25H2,1-4H3,(H,39,43). The van der Waals surface area contributed by atoms with Crippen molar-refractivity contribution in [2.75, 3.05) is 17.5 Å². The average Bonchev–Trinajstić information content (AvgIpc) is 3.03. The molecule has 4 rings (SSSR count). The first-order valence-corrected chi connectivity index (χ1v) is 16.6. The molecule has 47 heavy (non-hydrogen) atoms. The molecule has 2 amide bonds. The minimum absolute atomic E-state index is 0.109. The first kappa shape index (κ1) is 35.1. The number of sulfonamides is 1. The summed E-state index contributed by atoms with van der Waals surface area (Å²) in [6.07, 6.45) is 0.128. The zero-order valence-electron chi connectivity index (χ0n) is 26.8. The summed E-state index contributed by atoms with van der Waals surface area (Å²) < 4.78 is 62.2. The zero-order valence-corrected chi connectivity index (χ0v) is 27.6. The number of nitrogens with zero attached hydrogens (tertiary/aromatic N) is 2. The van der Waals surface area contributed by atoms with Gasteiger partial charge in [0.2, 0.25) is 11.8 Å². The van der Waals surface area contributed by atoms with Gasteiger partial charge in [-0.3, -0.25) is 13.9 Å². The molecule has 4 aromatic carbocycles. The smallest absolute Gasteiger partial charge is 0.264 e. The fourth-order valence-corrected chi connectivity index (χ4v) is 6.35. The second-order valence-electron chi connectivity index (χ2n) is 12.0. The monoisotopic (exact) mass is 663 g/mol. The number of nitrogens with one attached hydrogen (secondary N) is 1. The van der Waals surface area contributed by atoms with Crippen LogP contribution in [0.3, 0.4) is 0 Å². The van der Waals surface area contributed by atoms with Gasteiger partial charge in [0.25, 0.3) is 10.0 Å². The molecule has 0 fully saturated rings. The van der Waals surface area contributed by atoms with Crippen LogP contribution in [0.1, 0.15) is 38.8 Å². The summed E-state index contributed by atoms with van der Waals surface area (Å²) in [7, 11) is -4.41. The van der Waals surface area contributed by atoms with Crippen molar-refractivity contribution in [3.8, 4) is 5.75 Å². The molecule has 4 aromatic rings. The molecule has 1 unspecified atom stereocenters. The normalized spacial score (nSPS) is 12.2. The van der Waals surface area contributed by atoms with Gasteiger partial charge >= 0.3 is 0 Å². The molecule has 0 aliphatic carbocycles. The Morgan fingerprint density at radius 2 is 1.38 bits per heavy atom. The van der Waals surface area contributed by atoms with E-state index in [0.29, 0.717) is 17.9 Å². The lowest BCUT2D eigenvalue weighted by atomic mass is 10.0. The molecule has 0 radical (unpaired) electrons. The van der Waals surface area contributed by atoms with Crippen molar-refractivity contribution < 1.29 is 31.5 Å². The maximum atomic E-state index is 14.5. The molecule has 0 saturated carbocycles. The van der Waals surface area contributed by atoms with Crippen LogP contribution in [0.15, 0.2) is 108 Å². The Bertz CT molecular complexity index is 1740. The van der Waals surface area contributed by atoms with Gasteiger partial charge in [0.05, 0.1) is 17.2 Å². The van der Waals surface area contributed by atoms with E-state index < -0.39 is 51.6 Å². The number of anilines is 1. The highest BCUT2D eigenvalue weighted by molar-refractivity contribution is 7.92. The Kier molecular flexibility index (Phi) is 11.4. The minimum atomic E-state index is -4.41. The highest BCUT2D eigenvalue weighted by Crippen LogP contribution is 2.27. The third-order valence-corrected chi connectivity index (χ3v) is 8.94. The van der Waals surface area contributed by atoms with Gasteiger partial charge < -0.3 is 15.0 Å². The number of carbonyl (C=O) groups is 2. The number of carbonyl (C=O) groups excluding carboxylic acids is 2. The first-order valence-electron chi connectivity index (χ1n) is 15.2. The van der Waals surface area contributed by atoms with Crippen molar-refractivity contribution >= 4 is 27.5 Å². The molecule has 0 aliphatic heterocycles. The van der Waals surface area contributed by atoms with Crippen molar-refractivity contribution in [3.05, 3.63) is 126 Å². The molecule has 0 bridgehead atoms. The van der Waals surface area contributed by atoms with Crippen LogP contribution in [0.2, 0.25) is 0 Å². The summed E-state index contributed by atoms with van der Waals surface area (Å²) in [5, 5.41) is 2.96. The third-order valence-electron chi connectivity index (χ3n) is 7.15. The average molecular weight is 664 g/mol. The fourth-order valence-electron chi connectivity index (χ4n) is 4.93. The van der Waals surface area contributed by atoms with Gasteiger partial charge in [0, 0.05) is 18.5 Å². The molecule has 0 heterocycles. The lowest BCUT2D eigenvalue weighted by molar-refractivity contribution is -0.140. The van der Waals surface area contributed by atoms with E-state index in [1.54, 1.807) is 12.1 Å². The molecule has 0 aromatic heterocycles. The quantitative estimate of drug-likeness (QED) is 0.186. The first-order chi connectivity index (χ1) is 22.3. The van der Waals surface area contributed by atoms with E-state index in [9.17, 15) is 26.8 Å². The van der Waals surface area contributed by atoms with Crippen molar-refractivity contribution in [2.45, 2.75) is 57.1 Å². The Balaban J connectivity index is 1.81. The number of benzene rings is 4. The van der Waals surface area contributed by atoms with Gasteiger partial charge in [-0.05, 0) is 99.5 Å². The second-order valence-corrected chi connectivity index (χ2v) is 13.8. The predicted molar refractivity (Wildman–Crippen MR) is 177 cm³/mol. The maximum absolute atomic E-state index is 14.5. The van der Waals surface area contributed by atoms with Gasteiger partial charge in [-0.25, -0.2) is 17.2 Å². The molecule has 8 nitrogen and oxygen atoms in total. The van der Waals surface area contributed by atoms with Gasteiger partial charge in [0.1, 0.15) is 30.0 Å². The van der Waals surface area contributed by atoms with E-state index in [1.807, 2.05) is 58.0 Å². The van der Waals surface area contributed by atoms with E-state index in [1.165, 1.54) is 41.3 Å². The van der Waals surface area contributed by atoms with Crippen LogP contribution in [-0.2, 0) is 32.6 Å². The molecule has 0 saturated heterocycles. The lowest BCUT2D eigenvalue weighted by Crippen LogP contribution is -2.56. The SMILES string of the molecule is CCOc1ccc(N(CC(=O)N(Cc2ccc(F)cc2)C(Cc2ccccc2)C(=O)NC(C)(C)C)S(=O)(=O)c2ccc(F)cc2)cc1. The van der Waals surface area contributed by atoms with E-state index in [0.717, 1.165) is 34.1 Å². The van der Waals surface area contributed by atoms with Crippen LogP contribution in [0, 0.1) is 11.6 Å². The summed E-state index contributed by atoms with van der Waals surface area (Å²) in [6, 6.07) is 24.1. The Morgan fingerprint density at radius 3 is 1.94 bits per heavy atom. The Morgan fingerprint density at radius 1 is 0.809 bits per heavy atom.